The molecule has 1 N–H and O–H groups in total. The number of ether oxygens (including phenoxy) is 1. The van der Waals surface area contributed by atoms with Crippen LogP contribution in [0.3, 0.4) is 0 Å². The molecule has 1 fully saturated rings. The van der Waals surface area contributed by atoms with Crippen molar-refractivity contribution < 1.29 is 4.74 Å². The summed E-state index contributed by atoms with van der Waals surface area (Å²) in [6.45, 7) is 10.2. The number of hydrogen-bond donors (Lipinski definition) is 1. The van der Waals surface area contributed by atoms with Gasteiger partial charge in [0.05, 0.1) is 13.2 Å². The zero-order valence-electron chi connectivity index (χ0n) is 18.7. The van der Waals surface area contributed by atoms with E-state index in [4.69, 9.17) is 9.73 Å². The van der Waals surface area contributed by atoms with Crippen molar-refractivity contribution in [3.63, 3.8) is 0 Å². The number of nitrogens with zero attached hydrogens (tertiary/aromatic N) is 6. The molecule has 0 spiro atoms. The van der Waals surface area contributed by atoms with E-state index in [-0.39, 0.29) is 24.0 Å². The van der Waals surface area contributed by atoms with E-state index in [0.29, 0.717) is 0 Å². The van der Waals surface area contributed by atoms with Gasteiger partial charge in [-0.2, -0.15) is 0 Å². The van der Waals surface area contributed by atoms with Crippen LogP contribution in [0, 0.1) is 0 Å². The lowest BCUT2D eigenvalue weighted by Crippen LogP contribution is -2.40. The van der Waals surface area contributed by atoms with Gasteiger partial charge in [0.15, 0.2) is 5.96 Å². The second-order valence-corrected chi connectivity index (χ2v) is 7.58. The van der Waals surface area contributed by atoms with Gasteiger partial charge >= 0.3 is 0 Å². The molecule has 2 aromatic rings. The van der Waals surface area contributed by atoms with Gasteiger partial charge in [0.1, 0.15) is 12.2 Å². The molecular formula is C22H36IN7O. The molecule has 0 bridgehead atoms. The van der Waals surface area contributed by atoms with Crippen molar-refractivity contribution in [2.75, 3.05) is 53.0 Å². The number of halogens is 1. The Morgan fingerprint density at radius 3 is 2.71 bits per heavy atom. The Morgan fingerprint density at radius 1 is 1.19 bits per heavy atom. The van der Waals surface area contributed by atoms with E-state index in [1.54, 1.807) is 6.33 Å². The quantitative estimate of drug-likeness (QED) is 0.216. The predicted octanol–water partition coefficient (Wildman–Crippen LogP) is 2.26. The zero-order valence-corrected chi connectivity index (χ0v) is 21.1. The maximum Gasteiger partial charge on any atom is 0.194 e. The highest BCUT2D eigenvalue weighted by Crippen LogP contribution is 2.04. The van der Waals surface area contributed by atoms with E-state index in [2.05, 4.69) is 68.1 Å². The molecule has 0 unspecified atom stereocenters. The smallest absolute Gasteiger partial charge is 0.194 e. The molecule has 1 aromatic heterocycles. The largest absolute Gasteiger partial charge is 0.379 e. The van der Waals surface area contributed by atoms with Gasteiger partial charge in [-0.25, -0.2) is 0 Å². The van der Waals surface area contributed by atoms with Gasteiger partial charge in [-0.3, -0.25) is 9.89 Å². The number of aromatic nitrogens is 3. The third-order valence-corrected chi connectivity index (χ3v) is 5.27. The maximum atomic E-state index is 5.43. The third-order valence-electron chi connectivity index (χ3n) is 5.27. The van der Waals surface area contributed by atoms with Crippen molar-refractivity contribution in [1.29, 1.82) is 0 Å². The summed E-state index contributed by atoms with van der Waals surface area (Å²) < 4.78 is 7.52. The minimum Gasteiger partial charge on any atom is -0.379 e. The van der Waals surface area contributed by atoms with Crippen molar-refractivity contribution in [1.82, 2.24) is 29.9 Å². The summed E-state index contributed by atoms with van der Waals surface area (Å²) in [4.78, 5) is 9.55. The highest BCUT2D eigenvalue weighted by atomic mass is 127. The number of guanidine groups is 1. The van der Waals surface area contributed by atoms with E-state index in [0.717, 1.165) is 83.7 Å². The SMILES string of the molecule is CCc1nncn1CCNC(=NCCCN1CCOCC1)N(C)Cc1ccccc1.I. The summed E-state index contributed by atoms with van der Waals surface area (Å²) in [6, 6.07) is 10.5. The summed E-state index contributed by atoms with van der Waals surface area (Å²) in [5.74, 6) is 1.95. The minimum absolute atomic E-state index is 0. The van der Waals surface area contributed by atoms with Gasteiger partial charge in [0, 0.05) is 59.3 Å². The van der Waals surface area contributed by atoms with Crippen LogP contribution in [-0.4, -0.2) is 83.5 Å². The van der Waals surface area contributed by atoms with Gasteiger partial charge in [-0.05, 0) is 12.0 Å². The molecule has 1 aliphatic heterocycles. The maximum absolute atomic E-state index is 5.43. The Balaban J connectivity index is 0.00000341. The van der Waals surface area contributed by atoms with Crippen LogP contribution in [0.5, 0.6) is 0 Å². The van der Waals surface area contributed by atoms with Gasteiger partial charge in [-0.15, -0.1) is 34.2 Å². The van der Waals surface area contributed by atoms with Crippen LogP contribution in [0.15, 0.2) is 41.7 Å². The minimum atomic E-state index is 0. The van der Waals surface area contributed by atoms with Gasteiger partial charge in [0.25, 0.3) is 0 Å². The molecule has 1 aromatic carbocycles. The lowest BCUT2D eigenvalue weighted by Gasteiger charge is -2.26. The number of aliphatic imine (C=N–C) groups is 1. The summed E-state index contributed by atoms with van der Waals surface area (Å²) in [7, 11) is 2.09. The van der Waals surface area contributed by atoms with Crippen molar-refractivity contribution in [2.24, 2.45) is 4.99 Å². The molecule has 0 amide bonds. The summed E-state index contributed by atoms with van der Waals surface area (Å²) >= 11 is 0. The fraction of sp³-hybridized carbons (Fsp3) is 0.591. The Morgan fingerprint density at radius 2 is 1.97 bits per heavy atom. The second-order valence-electron chi connectivity index (χ2n) is 7.58. The monoisotopic (exact) mass is 541 g/mol. The van der Waals surface area contributed by atoms with E-state index in [1.165, 1.54) is 5.56 Å². The predicted molar refractivity (Wildman–Crippen MR) is 135 cm³/mol. The van der Waals surface area contributed by atoms with Crippen molar-refractivity contribution >= 4 is 29.9 Å². The van der Waals surface area contributed by atoms with E-state index >= 15 is 0 Å². The molecule has 3 rings (SSSR count). The number of aryl methyl sites for hydroxylation is 1. The van der Waals surface area contributed by atoms with E-state index in [1.807, 2.05) is 6.07 Å². The molecule has 0 radical (unpaired) electrons. The lowest BCUT2D eigenvalue weighted by molar-refractivity contribution is 0.0377. The molecule has 0 atom stereocenters. The molecule has 1 aliphatic rings. The summed E-state index contributed by atoms with van der Waals surface area (Å²) in [6.07, 6.45) is 3.74. The Kier molecular flexibility index (Phi) is 11.8. The average molecular weight is 541 g/mol. The molecule has 0 saturated carbocycles. The van der Waals surface area contributed by atoms with Crippen molar-refractivity contribution in [3.8, 4) is 0 Å². The van der Waals surface area contributed by atoms with Gasteiger partial charge in [0.2, 0.25) is 0 Å². The first-order chi connectivity index (χ1) is 14.8. The van der Waals surface area contributed by atoms with E-state index in [9.17, 15) is 0 Å². The second kappa shape index (κ2) is 14.4. The highest BCUT2D eigenvalue weighted by Gasteiger charge is 2.11. The number of morpholine rings is 1. The van der Waals surface area contributed by atoms with Crippen LogP contribution in [0.4, 0.5) is 0 Å². The van der Waals surface area contributed by atoms with Crippen LogP contribution < -0.4 is 5.32 Å². The van der Waals surface area contributed by atoms with Crippen LogP contribution in [-0.2, 0) is 24.2 Å². The number of rotatable bonds is 10. The number of benzene rings is 1. The van der Waals surface area contributed by atoms with Crippen molar-refractivity contribution in [3.05, 3.63) is 48.0 Å². The Labute approximate surface area is 203 Å². The van der Waals surface area contributed by atoms with Crippen LogP contribution in [0.1, 0.15) is 24.7 Å². The first-order valence-electron chi connectivity index (χ1n) is 11.0. The summed E-state index contributed by atoms with van der Waals surface area (Å²) in [5.41, 5.74) is 1.27. The fourth-order valence-electron chi connectivity index (χ4n) is 3.58. The third kappa shape index (κ3) is 8.74. The van der Waals surface area contributed by atoms with Crippen LogP contribution >= 0.6 is 24.0 Å². The molecule has 9 heteroatoms. The molecule has 8 nitrogen and oxygen atoms in total. The average Bonchev–Trinajstić information content (AvgIpc) is 3.24. The molecule has 2 heterocycles. The van der Waals surface area contributed by atoms with Crippen LogP contribution in [0.25, 0.3) is 0 Å². The molecule has 172 valence electrons. The molecule has 31 heavy (non-hydrogen) atoms. The molecule has 1 saturated heterocycles. The molecular weight excluding hydrogens is 505 g/mol. The Bertz CT molecular complexity index is 762. The van der Waals surface area contributed by atoms with Crippen LogP contribution in [0.2, 0.25) is 0 Å². The number of nitrogens with one attached hydrogen (secondary N) is 1. The first kappa shape index (κ1) is 25.5. The topological polar surface area (TPSA) is 70.8 Å². The van der Waals surface area contributed by atoms with Crippen molar-refractivity contribution in [2.45, 2.75) is 32.9 Å². The first-order valence-corrected chi connectivity index (χ1v) is 11.0. The highest BCUT2D eigenvalue weighted by molar-refractivity contribution is 14.0. The van der Waals surface area contributed by atoms with E-state index < -0.39 is 0 Å². The zero-order chi connectivity index (χ0) is 21.0. The normalized spacial score (nSPS) is 14.8. The molecule has 0 aliphatic carbocycles. The Hall–Kier alpha value is -1.72. The standard InChI is InChI=1S/C22H35N7O.HI/c1-3-21-26-25-19-29(21)13-11-24-22(27(2)18-20-8-5-4-6-9-20)23-10-7-12-28-14-16-30-17-15-28;/h4-6,8-9,19H,3,7,10-18H2,1-2H3,(H,23,24);1H. The summed E-state index contributed by atoms with van der Waals surface area (Å²) in [5, 5.41) is 11.7. The fourth-order valence-corrected chi connectivity index (χ4v) is 3.58. The lowest BCUT2D eigenvalue weighted by atomic mass is 10.2. The number of hydrogen-bond acceptors (Lipinski definition) is 5. The van der Waals surface area contributed by atoms with Gasteiger partial charge < -0.3 is 19.5 Å². The van der Waals surface area contributed by atoms with Gasteiger partial charge in [-0.1, -0.05) is 37.3 Å².